The zero-order chi connectivity index (χ0) is 17.6. The highest BCUT2D eigenvalue weighted by atomic mass is 16.7. The minimum atomic E-state index is -1.45. The third kappa shape index (κ3) is 5.96. The summed E-state index contributed by atoms with van der Waals surface area (Å²) in [6, 6.07) is 0. The van der Waals surface area contributed by atoms with Crippen LogP contribution in [0.25, 0.3) is 0 Å². The molecule has 1 saturated heterocycles. The summed E-state index contributed by atoms with van der Waals surface area (Å²) in [5.41, 5.74) is -0.0589. The van der Waals surface area contributed by atoms with Gasteiger partial charge < -0.3 is 35.0 Å². The Morgan fingerprint density at radius 3 is 2.48 bits per heavy atom. The van der Waals surface area contributed by atoms with Crippen molar-refractivity contribution in [3.8, 4) is 0 Å². The molecule has 134 valence electrons. The topological polar surface area (TPSA) is 120 Å². The molecule has 0 amide bonds. The summed E-state index contributed by atoms with van der Waals surface area (Å²) >= 11 is 0. The van der Waals surface area contributed by atoms with E-state index in [1.54, 1.807) is 6.92 Å². The third-order valence-corrected chi connectivity index (χ3v) is 3.91. The van der Waals surface area contributed by atoms with Crippen LogP contribution >= 0.6 is 0 Å². The Hall–Kier alpha value is -0.800. The van der Waals surface area contributed by atoms with Gasteiger partial charge in [0, 0.05) is 0 Å². The van der Waals surface area contributed by atoms with Crippen LogP contribution in [0.3, 0.4) is 0 Å². The van der Waals surface area contributed by atoms with Gasteiger partial charge >= 0.3 is 0 Å². The van der Waals surface area contributed by atoms with E-state index >= 15 is 0 Å². The van der Waals surface area contributed by atoms with Crippen LogP contribution in [-0.2, 0) is 9.47 Å². The van der Waals surface area contributed by atoms with E-state index in [0.29, 0.717) is 12.8 Å². The Morgan fingerprint density at radius 1 is 1.26 bits per heavy atom. The van der Waals surface area contributed by atoms with Crippen molar-refractivity contribution in [2.24, 2.45) is 0 Å². The molecule has 5 N–H and O–H groups in total. The van der Waals surface area contributed by atoms with Crippen molar-refractivity contribution in [3.05, 3.63) is 24.3 Å². The fourth-order valence-electron chi connectivity index (χ4n) is 2.19. The number of rotatable bonds is 8. The lowest BCUT2D eigenvalue weighted by Crippen LogP contribution is -2.59. The first-order valence-electron chi connectivity index (χ1n) is 7.65. The van der Waals surface area contributed by atoms with Crippen molar-refractivity contribution >= 4 is 0 Å². The molecule has 0 aromatic heterocycles. The summed E-state index contributed by atoms with van der Waals surface area (Å²) in [6.45, 7) is 6.72. The summed E-state index contributed by atoms with van der Waals surface area (Å²) < 4.78 is 10.7. The van der Waals surface area contributed by atoms with Gasteiger partial charge in [-0.1, -0.05) is 17.7 Å². The van der Waals surface area contributed by atoms with Crippen LogP contribution in [-0.4, -0.2) is 75.1 Å². The van der Waals surface area contributed by atoms with E-state index in [-0.39, 0.29) is 6.61 Å². The average Bonchev–Trinajstić information content (AvgIpc) is 2.52. The zero-order valence-corrected chi connectivity index (χ0v) is 13.6. The Bertz CT molecular complexity index is 405. The van der Waals surface area contributed by atoms with Crippen LogP contribution in [0.15, 0.2) is 24.3 Å². The molecule has 1 heterocycles. The number of aliphatic hydroxyl groups excluding tert-OH is 4. The Kier molecular flexibility index (Phi) is 7.82. The van der Waals surface area contributed by atoms with Gasteiger partial charge in [0.2, 0.25) is 0 Å². The number of hydrogen-bond donors (Lipinski definition) is 5. The first kappa shape index (κ1) is 20.2. The summed E-state index contributed by atoms with van der Waals surface area (Å²) in [5.74, 6) is 0. The van der Waals surface area contributed by atoms with Crippen molar-refractivity contribution in [1.29, 1.82) is 0 Å². The van der Waals surface area contributed by atoms with E-state index in [1.165, 1.54) is 6.08 Å². The second kappa shape index (κ2) is 8.89. The number of aliphatic hydroxyl groups is 5. The van der Waals surface area contributed by atoms with Gasteiger partial charge in [-0.15, -0.1) is 6.58 Å². The number of ether oxygens (including phenoxy) is 2. The molecule has 6 atom stereocenters. The lowest BCUT2D eigenvalue weighted by Gasteiger charge is -2.39. The minimum absolute atomic E-state index is 0.152. The molecule has 0 spiro atoms. The normalized spacial score (nSPS) is 34.9. The Morgan fingerprint density at radius 2 is 1.91 bits per heavy atom. The van der Waals surface area contributed by atoms with Gasteiger partial charge in [0.1, 0.15) is 24.4 Å². The molecule has 0 aliphatic carbocycles. The van der Waals surface area contributed by atoms with Gasteiger partial charge in [-0.05, 0) is 26.7 Å². The van der Waals surface area contributed by atoms with E-state index in [9.17, 15) is 20.4 Å². The first-order chi connectivity index (χ1) is 10.7. The van der Waals surface area contributed by atoms with Gasteiger partial charge in [-0.2, -0.15) is 0 Å². The maximum Gasteiger partial charge on any atom is 0.187 e. The standard InChI is InChI=1S/C16H28O7/c1-4-16(3,21)7-5-6-10(2)9-22-15-14(20)13(19)12(18)11(8-17)23-15/h4,6,11-15,17-21H,1,5,7-9H2,2-3H3/t11-,12-,13+,14-,15-,16?/m1/s1. The van der Waals surface area contributed by atoms with Crippen LogP contribution in [0.1, 0.15) is 26.7 Å². The third-order valence-electron chi connectivity index (χ3n) is 3.91. The molecule has 0 radical (unpaired) electrons. The molecular weight excluding hydrogens is 304 g/mol. The second-order valence-corrected chi connectivity index (χ2v) is 6.16. The van der Waals surface area contributed by atoms with Gasteiger partial charge in [-0.25, -0.2) is 0 Å². The first-order valence-corrected chi connectivity index (χ1v) is 7.65. The van der Waals surface area contributed by atoms with Crippen LogP contribution in [0.4, 0.5) is 0 Å². The zero-order valence-electron chi connectivity index (χ0n) is 13.6. The SMILES string of the molecule is C=CC(C)(O)CCC=C(C)CO[C@@H]1O[C@H](CO)[C@@H](O)[C@H](O)[C@H]1O. The predicted octanol–water partition coefficient (Wildman–Crippen LogP) is -0.534. The van der Waals surface area contributed by atoms with Crippen molar-refractivity contribution in [3.63, 3.8) is 0 Å². The molecule has 1 fully saturated rings. The molecule has 1 aliphatic rings. The molecule has 7 heteroatoms. The van der Waals surface area contributed by atoms with Crippen molar-refractivity contribution in [2.45, 2.75) is 63.0 Å². The molecule has 23 heavy (non-hydrogen) atoms. The Labute approximate surface area is 136 Å². The van der Waals surface area contributed by atoms with Crippen LogP contribution in [0.5, 0.6) is 0 Å². The number of allylic oxidation sites excluding steroid dienone is 1. The molecular formula is C16H28O7. The fourth-order valence-corrected chi connectivity index (χ4v) is 2.19. The van der Waals surface area contributed by atoms with E-state index in [2.05, 4.69) is 6.58 Å². The molecule has 0 bridgehead atoms. The smallest absolute Gasteiger partial charge is 0.187 e. The monoisotopic (exact) mass is 332 g/mol. The van der Waals surface area contributed by atoms with Crippen molar-refractivity contribution < 1.29 is 35.0 Å². The number of hydrogen-bond acceptors (Lipinski definition) is 7. The second-order valence-electron chi connectivity index (χ2n) is 6.16. The predicted molar refractivity (Wildman–Crippen MR) is 83.5 cm³/mol. The van der Waals surface area contributed by atoms with Crippen molar-refractivity contribution in [1.82, 2.24) is 0 Å². The van der Waals surface area contributed by atoms with Crippen LogP contribution < -0.4 is 0 Å². The van der Waals surface area contributed by atoms with Crippen molar-refractivity contribution in [2.75, 3.05) is 13.2 Å². The highest BCUT2D eigenvalue weighted by molar-refractivity contribution is 5.01. The molecule has 0 aromatic rings. The minimum Gasteiger partial charge on any atom is -0.394 e. The van der Waals surface area contributed by atoms with Crippen LogP contribution in [0, 0.1) is 0 Å². The van der Waals surface area contributed by atoms with Gasteiger partial charge in [0.25, 0.3) is 0 Å². The van der Waals surface area contributed by atoms with Gasteiger partial charge in [-0.3, -0.25) is 0 Å². The van der Waals surface area contributed by atoms with E-state index in [4.69, 9.17) is 14.6 Å². The van der Waals surface area contributed by atoms with E-state index in [1.807, 2.05) is 13.0 Å². The Balaban J connectivity index is 2.48. The van der Waals surface area contributed by atoms with E-state index < -0.39 is 42.9 Å². The summed E-state index contributed by atoms with van der Waals surface area (Å²) in [4.78, 5) is 0. The largest absolute Gasteiger partial charge is 0.394 e. The lowest BCUT2D eigenvalue weighted by molar-refractivity contribution is -0.299. The summed E-state index contributed by atoms with van der Waals surface area (Å²) in [5, 5.41) is 48.1. The van der Waals surface area contributed by atoms with E-state index in [0.717, 1.165) is 5.57 Å². The lowest BCUT2D eigenvalue weighted by atomic mass is 9.99. The quantitative estimate of drug-likeness (QED) is 0.379. The molecule has 0 saturated carbocycles. The van der Waals surface area contributed by atoms with Crippen LogP contribution in [0.2, 0.25) is 0 Å². The highest BCUT2D eigenvalue weighted by Gasteiger charge is 2.43. The molecule has 1 unspecified atom stereocenters. The maximum absolute atomic E-state index is 9.84. The average molecular weight is 332 g/mol. The highest BCUT2D eigenvalue weighted by Crippen LogP contribution is 2.22. The van der Waals surface area contributed by atoms with Gasteiger partial charge in [0.15, 0.2) is 6.29 Å². The summed E-state index contributed by atoms with van der Waals surface area (Å²) in [6.07, 6.45) is -1.83. The van der Waals surface area contributed by atoms with Gasteiger partial charge in [0.05, 0.1) is 18.8 Å². The molecule has 7 nitrogen and oxygen atoms in total. The maximum atomic E-state index is 9.84. The summed E-state index contributed by atoms with van der Waals surface area (Å²) in [7, 11) is 0. The molecule has 1 aliphatic heterocycles. The molecule has 0 aromatic carbocycles. The fraction of sp³-hybridized carbons (Fsp3) is 0.750. The molecule has 1 rings (SSSR count).